The lowest BCUT2D eigenvalue weighted by Crippen LogP contribution is -2.05. The van der Waals surface area contributed by atoms with E-state index in [1.165, 1.54) is 12.1 Å². The first-order valence-corrected chi connectivity index (χ1v) is 5.93. The maximum absolute atomic E-state index is 13.8. The molecule has 19 heavy (non-hydrogen) atoms. The summed E-state index contributed by atoms with van der Waals surface area (Å²) < 4.78 is 32.4. The second kappa shape index (κ2) is 5.69. The van der Waals surface area contributed by atoms with Crippen LogP contribution in [0.15, 0.2) is 36.4 Å². The van der Waals surface area contributed by atoms with Gasteiger partial charge in [-0.1, -0.05) is 18.2 Å². The number of anilines is 1. The van der Waals surface area contributed by atoms with Crippen LogP contribution in [0.25, 0.3) is 0 Å². The van der Waals surface area contributed by atoms with Gasteiger partial charge in [-0.2, -0.15) is 0 Å². The zero-order valence-electron chi connectivity index (χ0n) is 10.8. The van der Waals surface area contributed by atoms with Gasteiger partial charge < -0.3 is 10.1 Å². The summed E-state index contributed by atoms with van der Waals surface area (Å²) in [6.45, 7) is 1.93. The molecule has 0 bridgehead atoms. The van der Waals surface area contributed by atoms with Gasteiger partial charge in [0.05, 0.1) is 7.11 Å². The van der Waals surface area contributed by atoms with Crippen molar-refractivity contribution in [1.82, 2.24) is 0 Å². The number of aryl methyl sites for hydroxylation is 1. The first kappa shape index (κ1) is 13.3. The van der Waals surface area contributed by atoms with E-state index in [9.17, 15) is 8.78 Å². The molecule has 2 rings (SSSR count). The van der Waals surface area contributed by atoms with Gasteiger partial charge in [0.1, 0.15) is 17.3 Å². The lowest BCUT2D eigenvalue weighted by atomic mass is 10.1. The average Bonchev–Trinajstić information content (AvgIpc) is 2.43. The maximum atomic E-state index is 13.8. The highest BCUT2D eigenvalue weighted by molar-refractivity contribution is 5.49. The lowest BCUT2D eigenvalue weighted by Gasteiger charge is -2.11. The molecule has 0 fully saturated rings. The third-order valence-electron chi connectivity index (χ3n) is 2.89. The molecule has 0 aliphatic carbocycles. The SMILES string of the molecule is COc1cccc(CNc2c(F)ccc(C)c2F)c1. The summed E-state index contributed by atoms with van der Waals surface area (Å²) in [5.74, 6) is -0.432. The Morgan fingerprint density at radius 1 is 1.16 bits per heavy atom. The summed E-state index contributed by atoms with van der Waals surface area (Å²) in [7, 11) is 1.58. The average molecular weight is 263 g/mol. The summed E-state index contributed by atoms with van der Waals surface area (Å²) in [5.41, 5.74) is 1.21. The highest BCUT2D eigenvalue weighted by Crippen LogP contribution is 2.22. The Morgan fingerprint density at radius 3 is 2.68 bits per heavy atom. The second-order valence-corrected chi connectivity index (χ2v) is 4.26. The molecule has 0 saturated heterocycles. The maximum Gasteiger partial charge on any atom is 0.152 e. The molecular weight excluding hydrogens is 248 g/mol. The minimum absolute atomic E-state index is 0.0946. The molecule has 100 valence electrons. The molecule has 4 heteroatoms. The Hall–Kier alpha value is -2.10. The summed E-state index contributed by atoms with van der Waals surface area (Å²) >= 11 is 0. The van der Waals surface area contributed by atoms with Crippen LogP contribution in [0.3, 0.4) is 0 Å². The minimum Gasteiger partial charge on any atom is -0.497 e. The zero-order valence-corrected chi connectivity index (χ0v) is 10.8. The van der Waals surface area contributed by atoms with Crippen LogP contribution in [0.5, 0.6) is 5.75 Å². The van der Waals surface area contributed by atoms with Gasteiger partial charge in [0.15, 0.2) is 5.82 Å². The van der Waals surface area contributed by atoms with Crippen LogP contribution in [0.4, 0.5) is 14.5 Å². The van der Waals surface area contributed by atoms with Gasteiger partial charge >= 0.3 is 0 Å². The van der Waals surface area contributed by atoms with Gasteiger partial charge in [-0.15, -0.1) is 0 Å². The van der Waals surface area contributed by atoms with Gasteiger partial charge in [0, 0.05) is 6.54 Å². The van der Waals surface area contributed by atoms with Crippen molar-refractivity contribution < 1.29 is 13.5 Å². The Labute approximate surface area is 111 Å². The summed E-state index contributed by atoms with van der Waals surface area (Å²) in [5, 5.41) is 2.78. The second-order valence-electron chi connectivity index (χ2n) is 4.26. The number of hydrogen-bond donors (Lipinski definition) is 1. The Morgan fingerprint density at radius 2 is 1.95 bits per heavy atom. The number of rotatable bonds is 4. The number of hydrogen-bond acceptors (Lipinski definition) is 2. The van der Waals surface area contributed by atoms with Crippen LogP contribution in [0.1, 0.15) is 11.1 Å². The first-order valence-electron chi connectivity index (χ1n) is 5.93. The number of nitrogens with one attached hydrogen (secondary N) is 1. The predicted molar refractivity (Wildman–Crippen MR) is 71.4 cm³/mol. The minimum atomic E-state index is -0.592. The number of benzene rings is 2. The van der Waals surface area contributed by atoms with Crippen LogP contribution in [0, 0.1) is 18.6 Å². The third kappa shape index (κ3) is 3.02. The molecule has 0 radical (unpaired) electrons. The molecule has 0 aliphatic heterocycles. The Balaban J connectivity index is 2.16. The van der Waals surface area contributed by atoms with E-state index in [-0.39, 0.29) is 5.69 Å². The number of halogens is 2. The van der Waals surface area contributed by atoms with Crippen LogP contribution in [0.2, 0.25) is 0 Å². The largest absolute Gasteiger partial charge is 0.497 e. The molecule has 0 amide bonds. The van der Waals surface area contributed by atoms with Gasteiger partial charge in [0.25, 0.3) is 0 Å². The van der Waals surface area contributed by atoms with E-state index < -0.39 is 11.6 Å². The van der Waals surface area contributed by atoms with E-state index in [0.717, 1.165) is 5.56 Å². The molecule has 0 spiro atoms. The highest BCUT2D eigenvalue weighted by atomic mass is 19.1. The molecule has 2 aromatic rings. The predicted octanol–water partition coefficient (Wildman–Crippen LogP) is 3.89. The van der Waals surface area contributed by atoms with E-state index in [1.807, 2.05) is 24.3 Å². The van der Waals surface area contributed by atoms with E-state index in [4.69, 9.17) is 4.74 Å². The molecule has 0 aliphatic rings. The molecular formula is C15H15F2NO. The van der Waals surface area contributed by atoms with Gasteiger partial charge in [-0.05, 0) is 36.2 Å². The monoisotopic (exact) mass is 263 g/mol. The molecule has 2 aromatic carbocycles. The van der Waals surface area contributed by atoms with Crippen molar-refractivity contribution in [3.05, 3.63) is 59.2 Å². The number of methoxy groups -OCH3 is 1. The van der Waals surface area contributed by atoms with Gasteiger partial charge in [-0.25, -0.2) is 8.78 Å². The van der Waals surface area contributed by atoms with E-state index in [1.54, 1.807) is 14.0 Å². The third-order valence-corrected chi connectivity index (χ3v) is 2.89. The fourth-order valence-corrected chi connectivity index (χ4v) is 1.79. The lowest BCUT2D eigenvalue weighted by molar-refractivity contribution is 0.414. The van der Waals surface area contributed by atoms with Crippen molar-refractivity contribution in [2.24, 2.45) is 0 Å². The first-order chi connectivity index (χ1) is 9.11. The fraction of sp³-hybridized carbons (Fsp3) is 0.200. The molecule has 1 N–H and O–H groups in total. The van der Waals surface area contributed by atoms with Crippen molar-refractivity contribution in [2.75, 3.05) is 12.4 Å². The van der Waals surface area contributed by atoms with Crippen molar-refractivity contribution >= 4 is 5.69 Å². The molecule has 0 heterocycles. The van der Waals surface area contributed by atoms with Crippen molar-refractivity contribution in [1.29, 1.82) is 0 Å². The topological polar surface area (TPSA) is 21.3 Å². The van der Waals surface area contributed by atoms with Crippen LogP contribution >= 0.6 is 0 Å². The quantitative estimate of drug-likeness (QED) is 0.903. The van der Waals surface area contributed by atoms with Crippen molar-refractivity contribution in [3.63, 3.8) is 0 Å². The normalized spacial score (nSPS) is 10.3. The van der Waals surface area contributed by atoms with Crippen LogP contribution < -0.4 is 10.1 Å². The van der Waals surface area contributed by atoms with E-state index >= 15 is 0 Å². The molecule has 0 aromatic heterocycles. The highest BCUT2D eigenvalue weighted by Gasteiger charge is 2.10. The molecule has 0 unspecified atom stereocenters. The van der Waals surface area contributed by atoms with Gasteiger partial charge in [0.2, 0.25) is 0 Å². The van der Waals surface area contributed by atoms with Crippen molar-refractivity contribution in [3.8, 4) is 5.75 Å². The van der Waals surface area contributed by atoms with Crippen molar-refractivity contribution in [2.45, 2.75) is 13.5 Å². The summed E-state index contributed by atoms with van der Waals surface area (Å²) in [6.07, 6.45) is 0. The fourth-order valence-electron chi connectivity index (χ4n) is 1.79. The van der Waals surface area contributed by atoms with E-state index in [0.29, 0.717) is 17.9 Å². The molecule has 0 saturated carbocycles. The smallest absolute Gasteiger partial charge is 0.152 e. The summed E-state index contributed by atoms with van der Waals surface area (Å²) in [4.78, 5) is 0. The zero-order chi connectivity index (χ0) is 13.8. The van der Waals surface area contributed by atoms with Crippen LogP contribution in [-0.2, 0) is 6.54 Å². The number of ether oxygens (including phenoxy) is 1. The van der Waals surface area contributed by atoms with Crippen LogP contribution in [-0.4, -0.2) is 7.11 Å². The molecule has 0 atom stereocenters. The Bertz CT molecular complexity index is 584. The summed E-state index contributed by atoms with van der Waals surface area (Å²) in [6, 6.07) is 10.0. The standard InChI is InChI=1S/C15H15F2NO/c1-10-6-7-13(16)15(14(10)17)18-9-11-4-3-5-12(8-11)19-2/h3-8,18H,9H2,1-2H3. The Kier molecular flexibility index (Phi) is 4.00. The molecule has 2 nitrogen and oxygen atoms in total. The van der Waals surface area contributed by atoms with Gasteiger partial charge in [-0.3, -0.25) is 0 Å². The van der Waals surface area contributed by atoms with E-state index in [2.05, 4.69) is 5.32 Å².